The van der Waals surface area contributed by atoms with E-state index < -0.39 is 0 Å². The van der Waals surface area contributed by atoms with Gasteiger partial charge in [0.1, 0.15) is 5.82 Å². The van der Waals surface area contributed by atoms with Crippen LogP contribution in [0.5, 0.6) is 0 Å². The van der Waals surface area contributed by atoms with Crippen LogP contribution in [0.1, 0.15) is 15.9 Å². The Morgan fingerprint density at radius 2 is 1.79 bits per heavy atom. The maximum Gasteiger partial charge on any atom is 0.193 e. The normalized spacial score (nSPS) is 10.1. The smallest absolute Gasteiger partial charge is 0.193 e. The van der Waals surface area contributed by atoms with Crippen LogP contribution in [-0.2, 0) is 0 Å². The first-order chi connectivity index (χ1) is 6.77. The summed E-state index contributed by atoms with van der Waals surface area (Å²) in [7, 11) is 0. The molecule has 0 N–H and O–H groups in total. The average molecular weight is 206 g/mol. The summed E-state index contributed by atoms with van der Waals surface area (Å²) in [6, 6.07) is 7.33. The third-order valence-corrected chi connectivity index (χ3v) is 2.57. The van der Waals surface area contributed by atoms with E-state index in [0.29, 0.717) is 11.1 Å². The van der Waals surface area contributed by atoms with Gasteiger partial charge in [-0.15, -0.1) is 0 Å². The van der Waals surface area contributed by atoms with Gasteiger partial charge in [-0.2, -0.15) is 11.3 Å². The topological polar surface area (TPSA) is 17.1 Å². The van der Waals surface area contributed by atoms with E-state index in [4.69, 9.17) is 0 Å². The molecule has 0 saturated carbocycles. The number of carbonyl (C=O) groups excluding carboxylic acids is 1. The average Bonchev–Trinajstić information content (AvgIpc) is 2.71. The standard InChI is InChI=1S/C11H7FOS/c12-10-3-1-8(2-4-10)11(13)9-5-6-14-7-9/h1-7H. The molecule has 70 valence electrons. The van der Waals surface area contributed by atoms with Gasteiger partial charge in [0.05, 0.1) is 0 Å². The van der Waals surface area contributed by atoms with Crippen molar-refractivity contribution in [2.75, 3.05) is 0 Å². The number of hydrogen-bond acceptors (Lipinski definition) is 2. The maximum absolute atomic E-state index is 12.6. The van der Waals surface area contributed by atoms with E-state index in [-0.39, 0.29) is 11.6 Å². The highest BCUT2D eigenvalue weighted by molar-refractivity contribution is 7.08. The molecule has 0 unspecified atom stereocenters. The van der Waals surface area contributed by atoms with Crippen LogP contribution in [-0.4, -0.2) is 5.78 Å². The first kappa shape index (κ1) is 9.09. The fourth-order valence-electron chi connectivity index (χ4n) is 1.16. The zero-order chi connectivity index (χ0) is 9.97. The first-order valence-electron chi connectivity index (χ1n) is 4.10. The monoisotopic (exact) mass is 206 g/mol. The van der Waals surface area contributed by atoms with E-state index in [2.05, 4.69) is 0 Å². The highest BCUT2D eigenvalue weighted by Crippen LogP contribution is 2.13. The summed E-state index contributed by atoms with van der Waals surface area (Å²) < 4.78 is 12.6. The molecule has 0 amide bonds. The van der Waals surface area contributed by atoms with E-state index in [1.807, 2.05) is 5.38 Å². The van der Waals surface area contributed by atoms with Crippen molar-refractivity contribution in [1.82, 2.24) is 0 Å². The van der Waals surface area contributed by atoms with E-state index >= 15 is 0 Å². The van der Waals surface area contributed by atoms with Crippen molar-refractivity contribution in [2.24, 2.45) is 0 Å². The molecule has 0 spiro atoms. The van der Waals surface area contributed by atoms with Crippen molar-refractivity contribution in [3.8, 4) is 0 Å². The lowest BCUT2D eigenvalue weighted by Crippen LogP contribution is -1.98. The predicted octanol–water partition coefficient (Wildman–Crippen LogP) is 3.12. The minimum atomic E-state index is -0.327. The molecule has 0 aliphatic carbocycles. The van der Waals surface area contributed by atoms with E-state index in [0.717, 1.165) is 0 Å². The lowest BCUT2D eigenvalue weighted by atomic mass is 10.1. The Balaban J connectivity index is 2.33. The van der Waals surface area contributed by atoms with Crippen LogP contribution in [0.15, 0.2) is 41.1 Å². The van der Waals surface area contributed by atoms with Crippen LogP contribution in [0.3, 0.4) is 0 Å². The van der Waals surface area contributed by atoms with Crippen molar-refractivity contribution in [1.29, 1.82) is 0 Å². The van der Waals surface area contributed by atoms with Crippen molar-refractivity contribution in [2.45, 2.75) is 0 Å². The van der Waals surface area contributed by atoms with Gasteiger partial charge in [0.2, 0.25) is 0 Å². The summed E-state index contributed by atoms with van der Waals surface area (Å²) in [6.45, 7) is 0. The second kappa shape index (κ2) is 3.72. The molecular formula is C11H7FOS. The SMILES string of the molecule is O=C(c1ccc(F)cc1)c1ccsc1. The molecule has 0 saturated heterocycles. The number of halogens is 1. The van der Waals surface area contributed by atoms with Crippen LogP contribution in [0, 0.1) is 5.82 Å². The predicted molar refractivity (Wildman–Crippen MR) is 54.2 cm³/mol. The van der Waals surface area contributed by atoms with Gasteiger partial charge in [0.15, 0.2) is 5.78 Å². The first-order valence-corrected chi connectivity index (χ1v) is 5.04. The molecule has 1 nitrogen and oxygen atoms in total. The van der Waals surface area contributed by atoms with Crippen molar-refractivity contribution in [3.05, 3.63) is 58.0 Å². The number of ketones is 1. The fraction of sp³-hybridized carbons (Fsp3) is 0. The number of carbonyl (C=O) groups is 1. The minimum Gasteiger partial charge on any atom is -0.289 e. The lowest BCUT2D eigenvalue weighted by molar-refractivity contribution is 0.103. The summed E-state index contributed by atoms with van der Waals surface area (Å²) in [5, 5.41) is 3.63. The Bertz CT molecular complexity index is 431. The number of thiophene rings is 1. The van der Waals surface area contributed by atoms with Crippen LogP contribution in [0.4, 0.5) is 4.39 Å². The van der Waals surface area contributed by atoms with Crippen LogP contribution >= 0.6 is 11.3 Å². The molecule has 14 heavy (non-hydrogen) atoms. The van der Waals surface area contributed by atoms with Crippen LogP contribution < -0.4 is 0 Å². The molecule has 1 heterocycles. The molecule has 2 rings (SSSR count). The van der Waals surface area contributed by atoms with Gasteiger partial charge >= 0.3 is 0 Å². The van der Waals surface area contributed by atoms with Gasteiger partial charge in [-0.3, -0.25) is 4.79 Å². The zero-order valence-corrected chi connectivity index (χ0v) is 8.05. The summed E-state index contributed by atoms with van der Waals surface area (Å²) in [6.07, 6.45) is 0. The van der Waals surface area contributed by atoms with Crippen LogP contribution in [0.2, 0.25) is 0 Å². The Morgan fingerprint density at radius 1 is 1.07 bits per heavy atom. The Hall–Kier alpha value is -1.48. The Kier molecular flexibility index (Phi) is 2.41. The molecule has 0 radical (unpaired) electrons. The molecule has 0 aliphatic heterocycles. The second-order valence-corrected chi connectivity index (χ2v) is 3.63. The summed E-state index contributed by atoms with van der Waals surface area (Å²) in [5.74, 6) is -0.391. The van der Waals surface area contributed by atoms with Crippen LogP contribution in [0.25, 0.3) is 0 Å². The molecule has 2 aromatic rings. The van der Waals surface area contributed by atoms with Crippen molar-refractivity contribution in [3.63, 3.8) is 0 Å². The second-order valence-electron chi connectivity index (χ2n) is 2.85. The number of hydrogen-bond donors (Lipinski definition) is 0. The van der Waals surface area contributed by atoms with Gasteiger partial charge in [0, 0.05) is 16.5 Å². The maximum atomic E-state index is 12.6. The third-order valence-electron chi connectivity index (χ3n) is 1.89. The van der Waals surface area contributed by atoms with E-state index in [1.165, 1.54) is 35.6 Å². The Labute approximate surface area is 84.8 Å². The molecular weight excluding hydrogens is 199 g/mol. The van der Waals surface area contributed by atoms with E-state index in [1.54, 1.807) is 11.4 Å². The lowest BCUT2D eigenvalue weighted by Gasteiger charge is -1.97. The summed E-state index contributed by atoms with van der Waals surface area (Å²) in [4.78, 5) is 11.7. The molecule has 0 fully saturated rings. The molecule has 0 aliphatic rings. The molecule has 0 bridgehead atoms. The Morgan fingerprint density at radius 3 is 2.36 bits per heavy atom. The quantitative estimate of drug-likeness (QED) is 0.690. The molecule has 1 aromatic carbocycles. The third kappa shape index (κ3) is 1.72. The molecule has 3 heteroatoms. The number of rotatable bonds is 2. The molecule has 0 atom stereocenters. The zero-order valence-electron chi connectivity index (χ0n) is 7.24. The van der Waals surface area contributed by atoms with Crippen molar-refractivity contribution >= 4 is 17.1 Å². The summed E-state index contributed by atoms with van der Waals surface area (Å²) >= 11 is 1.47. The summed E-state index contributed by atoms with van der Waals surface area (Å²) in [5.41, 5.74) is 1.17. The number of benzene rings is 1. The van der Waals surface area contributed by atoms with E-state index in [9.17, 15) is 9.18 Å². The van der Waals surface area contributed by atoms with Gasteiger partial charge in [0.25, 0.3) is 0 Å². The highest BCUT2D eigenvalue weighted by Gasteiger charge is 2.08. The van der Waals surface area contributed by atoms with Gasteiger partial charge < -0.3 is 0 Å². The highest BCUT2D eigenvalue weighted by atomic mass is 32.1. The van der Waals surface area contributed by atoms with Gasteiger partial charge in [-0.05, 0) is 35.7 Å². The van der Waals surface area contributed by atoms with Gasteiger partial charge in [-0.1, -0.05) is 0 Å². The molecule has 1 aromatic heterocycles. The largest absolute Gasteiger partial charge is 0.289 e. The van der Waals surface area contributed by atoms with Gasteiger partial charge in [-0.25, -0.2) is 4.39 Å². The minimum absolute atomic E-state index is 0.0637. The van der Waals surface area contributed by atoms with Crippen molar-refractivity contribution < 1.29 is 9.18 Å². The fourth-order valence-corrected chi connectivity index (χ4v) is 1.80.